The molecule has 0 N–H and O–H groups in total. The average molecular weight is 580 g/mol. The van der Waals surface area contributed by atoms with Gasteiger partial charge in [0.25, 0.3) is 22.6 Å². The third-order valence-corrected chi connectivity index (χ3v) is 19.9. The predicted molar refractivity (Wildman–Crippen MR) is 158 cm³/mol. The molecule has 0 heterocycles. The van der Waals surface area contributed by atoms with Crippen LogP contribution in [0, 0.1) is 0 Å². The molecule has 1 atom stereocenters. The monoisotopic (exact) mass is 579 g/mol. The van der Waals surface area contributed by atoms with Gasteiger partial charge in [-0.2, -0.15) is 0 Å². The van der Waals surface area contributed by atoms with E-state index in [2.05, 4.69) is 41.5 Å². The van der Waals surface area contributed by atoms with Crippen molar-refractivity contribution in [3.05, 3.63) is 0 Å². The minimum atomic E-state index is -2.78. The van der Waals surface area contributed by atoms with Gasteiger partial charge in [-0.25, -0.2) is 0 Å². The highest BCUT2D eigenvalue weighted by atomic mass is 28.4. The van der Waals surface area contributed by atoms with Crippen molar-refractivity contribution in [1.29, 1.82) is 0 Å². The molecule has 0 aliphatic carbocycles. The smallest absolute Gasteiger partial charge is 0.500 e. The van der Waals surface area contributed by atoms with Crippen LogP contribution in [0.2, 0.25) is 42.3 Å². The Morgan fingerprint density at radius 1 is 0.676 bits per heavy atom. The SMILES string of the molecule is CCO[Si](CCCN(C)C(CC(=O)O[Si](CC)(CC)CC)C(=O)O[Si](CC)(CC)CC)(OCC)OCC. The van der Waals surface area contributed by atoms with Crippen LogP contribution >= 0.6 is 0 Å². The quantitative estimate of drug-likeness (QED) is 0.140. The fraction of sp³-hybridized carbons (Fsp3) is 0.923. The minimum absolute atomic E-state index is 0.0106. The highest BCUT2D eigenvalue weighted by molar-refractivity contribution is 6.75. The summed E-state index contributed by atoms with van der Waals surface area (Å²) in [6.45, 7) is 20.6. The van der Waals surface area contributed by atoms with Crippen LogP contribution in [-0.4, -0.2) is 81.7 Å². The maximum absolute atomic E-state index is 13.6. The van der Waals surface area contributed by atoms with Gasteiger partial charge in [0.1, 0.15) is 6.04 Å². The molecule has 0 fully saturated rings. The van der Waals surface area contributed by atoms with Gasteiger partial charge in [-0.1, -0.05) is 41.5 Å². The Hall–Kier alpha value is -0.569. The zero-order chi connectivity index (χ0) is 28.5. The van der Waals surface area contributed by atoms with Gasteiger partial charge in [-0.3, -0.25) is 14.5 Å². The number of carbonyl (C=O) groups excluding carboxylic acids is 2. The second-order valence-corrected chi connectivity index (χ2v) is 21.8. The molecule has 8 nitrogen and oxygen atoms in total. The number of rotatable bonds is 22. The lowest BCUT2D eigenvalue weighted by molar-refractivity contribution is -0.147. The highest BCUT2D eigenvalue weighted by Crippen LogP contribution is 2.26. The van der Waals surface area contributed by atoms with Crippen molar-refractivity contribution in [2.24, 2.45) is 0 Å². The van der Waals surface area contributed by atoms with Crippen LogP contribution in [0.15, 0.2) is 0 Å². The van der Waals surface area contributed by atoms with E-state index >= 15 is 0 Å². The topological polar surface area (TPSA) is 83.5 Å². The number of carbonyl (C=O) groups is 2. The van der Waals surface area contributed by atoms with Crippen LogP contribution in [0.3, 0.4) is 0 Å². The summed E-state index contributed by atoms with van der Waals surface area (Å²) in [6.07, 6.45) is 0.730. The van der Waals surface area contributed by atoms with E-state index in [1.54, 1.807) is 0 Å². The standard InChI is InChI=1S/C26H57NO7Si3/c1-11-30-37(31-12-2,32-13-3)22-20-21-27(10)24(26(29)34-36(17-7,18-8)19-9)23-25(28)33-35(14-4,15-5)16-6/h24H,11-23H2,1-10H3. The molecule has 0 aliphatic rings. The maximum Gasteiger partial charge on any atom is 0.500 e. The first-order valence-electron chi connectivity index (χ1n) is 14.6. The number of hydrogen-bond donors (Lipinski definition) is 0. The summed E-state index contributed by atoms with van der Waals surface area (Å²) < 4.78 is 30.3. The minimum Gasteiger partial charge on any atom is -0.519 e. The molecule has 0 rings (SSSR count). The lowest BCUT2D eigenvalue weighted by atomic mass is 10.2. The molecule has 0 aromatic carbocycles. The van der Waals surface area contributed by atoms with Crippen molar-refractivity contribution in [3.63, 3.8) is 0 Å². The molecule has 0 amide bonds. The summed E-state index contributed by atoms with van der Waals surface area (Å²) >= 11 is 0. The van der Waals surface area contributed by atoms with E-state index in [-0.39, 0.29) is 18.4 Å². The van der Waals surface area contributed by atoms with Crippen molar-refractivity contribution in [3.8, 4) is 0 Å². The van der Waals surface area contributed by atoms with Gasteiger partial charge in [0.05, 0.1) is 6.42 Å². The zero-order valence-electron chi connectivity index (χ0n) is 25.6. The molecule has 0 saturated heterocycles. The molecule has 220 valence electrons. The Morgan fingerprint density at radius 2 is 1.08 bits per heavy atom. The zero-order valence-corrected chi connectivity index (χ0v) is 28.6. The maximum atomic E-state index is 13.6. The Balaban J connectivity index is 5.74. The Morgan fingerprint density at radius 3 is 1.46 bits per heavy atom. The van der Waals surface area contributed by atoms with Gasteiger partial charge >= 0.3 is 14.8 Å². The van der Waals surface area contributed by atoms with E-state index < -0.39 is 31.5 Å². The predicted octanol–water partition coefficient (Wildman–Crippen LogP) is 6.21. The van der Waals surface area contributed by atoms with Crippen molar-refractivity contribution in [2.75, 3.05) is 33.4 Å². The first-order chi connectivity index (χ1) is 17.5. The fourth-order valence-electron chi connectivity index (χ4n) is 4.78. The summed E-state index contributed by atoms with van der Waals surface area (Å²) in [6, 6.07) is 5.23. The summed E-state index contributed by atoms with van der Waals surface area (Å²) in [5.74, 6) is -0.583. The summed E-state index contributed by atoms with van der Waals surface area (Å²) in [5.41, 5.74) is 0. The van der Waals surface area contributed by atoms with Crippen LogP contribution in [0.1, 0.15) is 75.2 Å². The van der Waals surface area contributed by atoms with Gasteiger partial charge in [0, 0.05) is 25.9 Å². The third-order valence-electron chi connectivity index (χ3n) is 7.76. The normalized spacial score (nSPS) is 13.6. The van der Waals surface area contributed by atoms with Gasteiger partial charge < -0.3 is 22.1 Å². The average Bonchev–Trinajstić information content (AvgIpc) is 2.89. The van der Waals surface area contributed by atoms with Crippen molar-refractivity contribution < 1.29 is 31.7 Å². The molecule has 0 aliphatic heterocycles. The van der Waals surface area contributed by atoms with E-state index in [9.17, 15) is 9.59 Å². The van der Waals surface area contributed by atoms with Crippen molar-refractivity contribution >= 4 is 37.4 Å². The molecular weight excluding hydrogens is 523 g/mol. The van der Waals surface area contributed by atoms with Crippen LogP contribution in [0.5, 0.6) is 0 Å². The van der Waals surface area contributed by atoms with Gasteiger partial charge in [-0.05, 0) is 77.0 Å². The molecule has 1 unspecified atom stereocenters. The van der Waals surface area contributed by atoms with Gasteiger partial charge in [0.15, 0.2) is 0 Å². The summed E-state index contributed by atoms with van der Waals surface area (Å²) in [5, 5.41) is 0. The van der Waals surface area contributed by atoms with Gasteiger partial charge in [0.2, 0.25) is 0 Å². The molecule has 0 radical (unpaired) electrons. The van der Waals surface area contributed by atoms with Crippen LogP contribution in [0.25, 0.3) is 0 Å². The second kappa shape index (κ2) is 18.7. The van der Waals surface area contributed by atoms with E-state index in [0.717, 1.165) is 42.7 Å². The van der Waals surface area contributed by atoms with Crippen molar-refractivity contribution in [1.82, 2.24) is 4.90 Å². The molecule has 0 aromatic heterocycles. The second-order valence-electron chi connectivity index (χ2n) is 9.67. The fourth-order valence-corrected chi connectivity index (χ4v) is 12.4. The summed E-state index contributed by atoms with van der Waals surface area (Å²) in [7, 11) is -5.18. The third kappa shape index (κ3) is 11.6. The van der Waals surface area contributed by atoms with Crippen molar-refractivity contribution in [2.45, 2.75) is 124 Å². The number of likely N-dealkylation sites (N-methyl/N-ethyl adjacent to an activating group) is 1. The Labute approximate surface area is 230 Å². The first kappa shape index (κ1) is 36.4. The molecule has 0 saturated carbocycles. The van der Waals surface area contributed by atoms with E-state index in [0.29, 0.717) is 32.4 Å². The molecular formula is C26H57NO7Si3. The van der Waals surface area contributed by atoms with Crippen LogP contribution in [-0.2, 0) is 31.7 Å². The summed E-state index contributed by atoms with van der Waals surface area (Å²) in [4.78, 5) is 28.7. The molecule has 0 bridgehead atoms. The Kier molecular flexibility index (Phi) is 18.4. The van der Waals surface area contributed by atoms with E-state index in [4.69, 9.17) is 22.1 Å². The van der Waals surface area contributed by atoms with E-state index in [1.165, 1.54) is 0 Å². The molecule has 11 heteroatoms. The lowest BCUT2D eigenvalue weighted by Gasteiger charge is -2.34. The number of nitrogens with zero attached hydrogens (tertiary/aromatic N) is 1. The molecule has 0 aromatic rings. The van der Waals surface area contributed by atoms with Crippen LogP contribution < -0.4 is 0 Å². The number of hydrogen-bond acceptors (Lipinski definition) is 8. The highest BCUT2D eigenvalue weighted by Gasteiger charge is 2.42. The molecule has 0 spiro atoms. The lowest BCUT2D eigenvalue weighted by Crippen LogP contribution is -2.49. The largest absolute Gasteiger partial charge is 0.519 e. The molecule has 37 heavy (non-hydrogen) atoms. The van der Waals surface area contributed by atoms with Gasteiger partial charge in [-0.15, -0.1) is 0 Å². The van der Waals surface area contributed by atoms with E-state index in [1.807, 2.05) is 32.7 Å². The first-order valence-corrected chi connectivity index (χ1v) is 21.6. The Bertz CT molecular complexity index is 612. The van der Waals surface area contributed by atoms with Crippen LogP contribution in [0.4, 0.5) is 0 Å².